The van der Waals surface area contributed by atoms with Gasteiger partial charge in [0.05, 0.1) is 5.69 Å². The lowest BCUT2D eigenvalue weighted by molar-refractivity contribution is 0.521. The standard InChI is InChI=1S/C13H18ClN5/c1-9-12(13(14)19(2)18-9)8-11(17-15)7-10-3-5-16-6-4-10/h3-6,11,17H,7-8,15H2,1-2H3. The monoisotopic (exact) mass is 279 g/mol. The summed E-state index contributed by atoms with van der Waals surface area (Å²) < 4.78 is 1.69. The van der Waals surface area contributed by atoms with Gasteiger partial charge in [0.25, 0.3) is 0 Å². The van der Waals surface area contributed by atoms with Gasteiger partial charge in [-0.05, 0) is 37.5 Å². The molecule has 2 rings (SSSR count). The summed E-state index contributed by atoms with van der Waals surface area (Å²) in [6.07, 6.45) is 5.14. The normalized spacial score (nSPS) is 12.6. The number of hydrogen-bond acceptors (Lipinski definition) is 4. The topological polar surface area (TPSA) is 68.8 Å². The van der Waals surface area contributed by atoms with E-state index in [9.17, 15) is 0 Å². The van der Waals surface area contributed by atoms with Crippen LogP contribution in [-0.4, -0.2) is 20.8 Å². The molecule has 0 aliphatic heterocycles. The molecule has 0 radical (unpaired) electrons. The average Bonchev–Trinajstić information content (AvgIpc) is 2.65. The van der Waals surface area contributed by atoms with Crippen molar-refractivity contribution in [1.82, 2.24) is 20.2 Å². The minimum Gasteiger partial charge on any atom is -0.271 e. The number of aromatic nitrogens is 3. The molecule has 1 atom stereocenters. The molecule has 0 fully saturated rings. The third-order valence-electron chi connectivity index (χ3n) is 3.19. The van der Waals surface area contributed by atoms with Crippen molar-refractivity contribution < 1.29 is 0 Å². The molecule has 0 spiro atoms. The Balaban J connectivity index is 2.11. The number of pyridine rings is 1. The summed E-state index contributed by atoms with van der Waals surface area (Å²) in [5, 5.41) is 4.98. The number of nitrogens with zero attached hydrogens (tertiary/aromatic N) is 3. The smallest absolute Gasteiger partial charge is 0.130 e. The van der Waals surface area contributed by atoms with Crippen molar-refractivity contribution >= 4 is 11.6 Å². The Morgan fingerprint density at radius 1 is 1.37 bits per heavy atom. The molecule has 0 saturated carbocycles. The van der Waals surface area contributed by atoms with Gasteiger partial charge in [0.2, 0.25) is 0 Å². The average molecular weight is 280 g/mol. The highest BCUT2D eigenvalue weighted by atomic mass is 35.5. The first-order valence-corrected chi connectivity index (χ1v) is 6.52. The van der Waals surface area contributed by atoms with Crippen LogP contribution in [-0.2, 0) is 19.9 Å². The second-order valence-corrected chi connectivity index (χ2v) is 4.96. The van der Waals surface area contributed by atoms with Crippen LogP contribution < -0.4 is 11.3 Å². The van der Waals surface area contributed by atoms with Crippen molar-refractivity contribution in [2.24, 2.45) is 12.9 Å². The second kappa shape index (κ2) is 6.14. The molecule has 1 unspecified atom stereocenters. The Kier molecular flexibility index (Phi) is 4.52. The van der Waals surface area contributed by atoms with Gasteiger partial charge in [0.15, 0.2) is 0 Å². The first-order chi connectivity index (χ1) is 9.11. The highest BCUT2D eigenvalue weighted by Crippen LogP contribution is 2.21. The first kappa shape index (κ1) is 14.0. The first-order valence-electron chi connectivity index (χ1n) is 6.14. The van der Waals surface area contributed by atoms with E-state index in [1.807, 2.05) is 26.1 Å². The minimum absolute atomic E-state index is 0.114. The molecular weight excluding hydrogens is 262 g/mol. The third kappa shape index (κ3) is 3.32. The molecular formula is C13H18ClN5. The van der Waals surface area contributed by atoms with Crippen LogP contribution in [0.25, 0.3) is 0 Å². The van der Waals surface area contributed by atoms with Gasteiger partial charge in [-0.15, -0.1) is 0 Å². The van der Waals surface area contributed by atoms with Crippen LogP contribution in [0.4, 0.5) is 0 Å². The van der Waals surface area contributed by atoms with Crippen LogP contribution in [0, 0.1) is 6.92 Å². The van der Waals surface area contributed by atoms with Crippen molar-refractivity contribution in [3.63, 3.8) is 0 Å². The Labute approximate surface area is 117 Å². The van der Waals surface area contributed by atoms with E-state index >= 15 is 0 Å². The molecule has 102 valence electrons. The Morgan fingerprint density at radius 2 is 2.05 bits per heavy atom. The Hall–Kier alpha value is -1.43. The lowest BCUT2D eigenvalue weighted by Gasteiger charge is -2.15. The molecule has 6 heteroatoms. The van der Waals surface area contributed by atoms with Gasteiger partial charge in [-0.2, -0.15) is 5.10 Å². The van der Waals surface area contributed by atoms with Gasteiger partial charge in [0, 0.05) is 31.0 Å². The lowest BCUT2D eigenvalue weighted by Crippen LogP contribution is -2.38. The van der Waals surface area contributed by atoms with E-state index in [2.05, 4.69) is 15.5 Å². The lowest BCUT2D eigenvalue weighted by atomic mass is 10.0. The van der Waals surface area contributed by atoms with E-state index < -0.39 is 0 Å². The molecule has 3 N–H and O–H groups in total. The van der Waals surface area contributed by atoms with E-state index in [-0.39, 0.29) is 6.04 Å². The van der Waals surface area contributed by atoms with Crippen molar-refractivity contribution in [2.45, 2.75) is 25.8 Å². The third-order valence-corrected chi connectivity index (χ3v) is 3.66. The summed E-state index contributed by atoms with van der Waals surface area (Å²) >= 11 is 6.24. The Bertz CT molecular complexity index is 537. The summed E-state index contributed by atoms with van der Waals surface area (Å²) in [6.45, 7) is 1.96. The molecule has 0 amide bonds. The zero-order valence-electron chi connectivity index (χ0n) is 11.1. The number of halogens is 1. The summed E-state index contributed by atoms with van der Waals surface area (Å²) in [5.41, 5.74) is 6.03. The SMILES string of the molecule is Cc1nn(C)c(Cl)c1CC(Cc1ccncc1)NN. The summed E-state index contributed by atoms with van der Waals surface area (Å²) in [4.78, 5) is 4.01. The van der Waals surface area contributed by atoms with E-state index in [0.29, 0.717) is 5.15 Å². The van der Waals surface area contributed by atoms with E-state index in [0.717, 1.165) is 24.1 Å². The number of hydrogen-bond donors (Lipinski definition) is 2. The molecule has 0 aliphatic carbocycles. The fraction of sp³-hybridized carbons (Fsp3) is 0.385. The number of aryl methyl sites for hydroxylation is 2. The molecule has 0 aliphatic rings. The van der Waals surface area contributed by atoms with Gasteiger partial charge in [-0.1, -0.05) is 11.6 Å². The van der Waals surface area contributed by atoms with Gasteiger partial charge >= 0.3 is 0 Å². The summed E-state index contributed by atoms with van der Waals surface area (Å²) in [7, 11) is 1.84. The summed E-state index contributed by atoms with van der Waals surface area (Å²) in [5.74, 6) is 5.64. The zero-order chi connectivity index (χ0) is 13.8. The molecule has 0 bridgehead atoms. The predicted octanol–water partition coefficient (Wildman–Crippen LogP) is 1.39. The van der Waals surface area contributed by atoms with Crippen LogP contribution in [0.3, 0.4) is 0 Å². The fourth-order valence-electron chi connectivity index (χ4n) is 2.15. The van der Waals surface area contributed by atoms with Crippen molar-refractivity contribution in [3.05, 3.63) is 46.5 Å². The van der Waals surface area contributed by atoms with Crippen LogP contribution in [0.15, 0.2) is 24.5 Å². The highest BCUT2D eigenvalue weighted by molar-refractivity contribution is 6.30. The predicted molar refractivity (Wildman–Crippen MR) is 75.7 cm³/mol. The van der Waals surface area contributed by atoms with Gasteiger partial charge in [-0.25, -0.2) is 0 Å². The number of rotatable bonds is 5. The summed E-state index contributed by atoms with van der Waals surface area (Å²) in [6, 6.07) is 4.09. The molecule has 0 saturated heterocycles. The highest BCUT2D eigenvalue weighted by Gasteiger charge is 2.16. The van der Waals surface area contributed by atoms with E-state index in [1.54, 1.807) is 17.1 Å². The molecule has 2 heterocycles. The van der Waals surface area contributed by atoms with Crippen LogP contribution in [0.1, 0.15) is 16.8 Å². The zero-order valence-corrected chi connectivity index (χ0v) is 11.9. The molecule has 2 aromatic heterocycles. The maximum absolute atomic E-state index is 6.24. The van der Waals surface area contributed by atoms with Crippen LogP contribution >= 0.6 is 11.6 Å². The molecule has 0 aromatic carbocycles. The number of nitrogens with one attached hydrogen (secondary N) is 1. The molecule has 5 nitrogen and oxygen atoms in total. The second-order valence-electron chi connectivity index (χ2n) is 4.61. The molecule has 2 aromatic rings. The van der Waals surface area contributed by atoms with Crippen molar-refractivity contribution in [3.8, 4) is 0 Å². The van der Waals surface area contributed by atoms with E-state index in [1.165, 1.54) is 5.56 Å². The number of hydrazine groups is 1. The van der Waals surface area contributed by atoms with E-state index in [4.69, 9.17) is 17.4 Å². The maximum atomic E-state index is 6.24. The molecule has 19 heavy (non-hydrogen) atoms. The van der Waals surface area contributed by atoms with Crippen molar-refractivity contribution in [2.75, 3.05) is 0 Å². The maximum Gasteiger partial charge on any atom is 0.130 e. The minimum atomic E-state index is 0.114. The van der Waals surface area contributed by atoms with Crippen molar-refractivity contribution in [1.29, 1.82) is 0 Å². The number of nitrogens with two attached hydrogens (primary N) is 1. The van der Waals surface area contributed by atoms with Crippen LogP contribution in [0.2, 0.25) is 5.15 Å². The Morgan fingerprint density at radius 3 is 2.58 bits per heavy atom. The fourth-order valence-corrected chi connectivity index (χ4v) is 2.40. The quantitative estimate of drug-likeness (QED) is 0.641. The van der Waals surface area contributed by atoms with Gasteiger partial charge < -0.3 is 0 Å². The van der Waals surface area contributed by atoms with Gasteiger partial charge in [0.1, 0.15) is 5.15 Å². The van der Waals surface area contributed by atoms with Gasteiger partial charge in [-0.3, -0.25) is 20.9 Å². The van der Waals surface area contributed by atoms with Crippen LogP contribution in [0.5, 0.6) is 0 Å². The largest absolute Gasteiger partial charge is 0.271 e.